The molecule has 0 aromatic rings. The van der Waals surface area contributed by atoms with Gasteiger partial charge in [-0.3, -0.25) is 4.79 Å². The van der Waals surface area contributed by atoms with E-state index >= 15 is 0 Å². The normalized spacial score (nSPS) is 11.2. The van der Waals surface area contributed by atoms with Gasteiger partial charge in [-0.25, -0.2) is 0 Å². The van der Waals surface area contributed by atoms with Crippen molar-refractivity contribution in [2.75, 3.05) is 59.5 Å². The molecule has 0 aromatic heterocycles. The van der Waals surface area contributed by atoms with E-state index in [9.17, 15) is 4.79 Å². The molecule has 0 fully saturated rings. The fraction of sp³-hybridized carbons (Fsp3) is 0.962. The van der Waals surface area contributed by atoms with Gasteiger partial charge in [0, 0.05) is 19.6 Å². The van der Waals surface area contributed by atoms with Gasteiger partial charge in [0.25, 0.3) is 0 Å². The van der Waals surface area contributed by atoms with Crippen LogP contribution in [0.15, 0.2) is 0 Å². The summed E-state index contributed by atoms with van der Waals surface area (Å²) in [6.07, 6.45) is 16.0. The minimum absolute atomic E-state index is 0.119. The van der Waals surface area contributed by atoms with Crippen LogP contribution in [0.5, 0.6) is 0 Å². The summed E-state index contributed by atoms with van der Waals surface area (Å²) in [7, 11) is 0. The van der Waals surface area contributed by atoms with Crippen molar-refractivity contribution in [2.24, 2.45) is 0 Å². The summed E-state index contributed by atoms with van der Waals surface area (Å²) in [5.41, 5.74) is 0. The van der Waals surface area contributed by atoms with E-state index in [-0.39, 0.29) is 5.97 Å². The molecule has 0 saturated carbocycles. The summed E-state index contributed by atoms with van der Waals surface area (Å²) in [6, 6.07) is 0. The van der Waals surface area contributed by atoms with Gasteiger partial charge in [-0.05, 0) is 19.3 Å². The molecule has 0 aliphatic heterocycles. The maximum atomic E-state index is 11.6. The van der Waals surface area contributed by atoms with Crippen LogP contribution in [0.25, 0.3) is 0 Å². The SMILES string of the molecule is CCCCCCCCOCCOCCOCCOCCCC(=O)OCCCCCCCC. The van der Waals surface area contributed by atoms with Crippen molar-refractivity contribution in [3.63, 3.8) is 0 Å². The first kappa shape index (κ1) is 31.3. The van der Waals surface area contributed by atoms with Gasteiger partial charge in [0.1, 0.15) is 0 Å². The lowest BCUT2D eigenvalue weighted by Crippen LogP contribution is -2.12. The van der Waals surface area contributed by atoms with Crippen LogP contribution >= 0.6 is 0 Å². The number of carbonyl (C=O) groups excluding carboxylic acids is 1. The molecule has 0 aliphatic carbocycles. The van der Waals surface area contributed by atoms with Gasteiger partial charge in [0.05, 0.1) is 46.2 Å². The first-order valence-corrected chi connectivity index (χ1v) is 13.3. The molecular formula is C26H52O6. The number of carbonyl (C=O) groups is 1. The monoisotopic (exact) mass is 460 g/mol. The van der Waals surface area contributed by atoms with Crippen molar-refractivity contribution >= 4 is 5.97 Å². The second-order valence-electron chi connectivity index (χ2n) is 8.31. The molecule has 0 N–H and O–H groups in total. The van der Waals surface area contributed by atoms with Gasteiger partial charge >= 0.3 is 5.97 Å². The summed E-state index contributed by atoms with van der Waals surface area (Å²) < 4.78 is 27.3. The highest BCUT2D eigenvalue weighted by atomic mass is 16.6. The third-order valence-electron chi connectivity index (χ3n) is 5.19. The zero-order valence-corrected chi connectivity index (χ0v) is 21.2. The van der Waals surface area contributed by atoms with Crippen molar-refractivity contribution in [3.8, 4) is 0 Å². The van der Waals surface area contributed by atoms with Crippen LogP contribution in [0.4, 0.5) is 0 Å². The third-order valence-corrected chi connectivity index (χ3v) is 5.19. The molecule has 0 heterocycles. The van der Waals surface area contributed by atoms with E-state index in [4.69, 9.17) is 23.7 Å². The highest BCUT2D eigenvalue weighted by Gasteiger charge is 2.02. The van der Waals surface area contributed by atoms with Crippen molar-refractivity contribution in [1.29, 1.82) is 0 Å². The number of rotatable bonds is 27. The van der Waals surface area contributed by atoms with E-state index in [2.05, 4.69) is 13.8 Å². The molecule has 0 radical (unpaired) electrons. The molecule has 0 atom stereocenters. The van der Waals surface area contributed by atoms with E-state index in [1.807, 2.05) is 0 Å². The van der Waals surface area contributed by atoms with Crippen LogP contribution in [0.2, 0.25) is 0 Å². The van der Waals surface area contributed by atoms with Gasteiger partial charge in [0.2, 0.25) is 0 Å². The smallest absolute Gasteiger partial charge is 0.305 e. The number of ether oxygens (including phenoxy) is 5. The second kappa shape index (κ2) is 28.3. The highest BCUT2D eigenvalue weighted by molar-refractivity contribution is 5.69. The molecule has 0 rings (SSSR count). The standard InChI is InChI=1S/C26H52O6/c1-3-5-7-9-11-13-17-28-20-22-30-24-25-31-23-21-29-18-15-16-26(27)32-19-14-12-10-8-6-4-2/h3-25H2,1-2H3. The van der Waals surface area contributed by atoms with Gasteiger partial charge < -0.3 is 23.7 Å². The van der Waals surface area contributed by atoms with E-state index in [0.29, 0.717) is 65.7 Å². The highest BCUT2D eigenvalue weighted by Crippen LogP contribution is 2.06. The predicted molar refractivity (Wildman–Crippen MR) is 130 cm³/mol. The maximum absolute atomic E-state index is 11.6. The number of esters is 1. The van der Waals surface area contributed by atoms with Crippen LogP contribution in [0.3, 0.4) is 0 Å². The van der Waals surface area contributed by atoms with E-state index in [1.165, 1.54) is 57.8 Å². The molecule has 0 aromatic carbocycles. The van der Waals surface area contributed by atoms with Crippen LogP contribution in [0.1, 0.15) is 104 Å². The Labute approximate surface area is 198 Å². The molecule has 6 heteroatoms. The van der Waals surface area contributed by atoms with Crippen molar-refractivity contribution in [3.05, 3.63) is 0 Å². The fourth-order valence-electron chi connectivity index (χ4n) is 3.21. The lowest BCUT2D eigenvalue weighted by Gasteiger charge is -2.08. The largest absolute Gasteiger partial charge is 0.466 e. The molecule has 0 spiro atoms. The Morgan fingerprint density at radius 1 is 0.438 bits per heavy atom. The molecule has 192 valence electrons. The van der Waals surface area contributed by atoms with E-state index in [0.717, 1.165) is 25.9 Å². The Bertz CT molecular complexity index is 364. The lowest BCUT2D eigenvalue weighted by atomic mass is 10.1. The van der Waals surface area contributed by atoms with E-state index < -0.39 is 0 Å². The molecule has 0 unspecified atom stereocenters. The maximum Gasteiger partial charge on any atom is 0.305 e. The third kappa shape index (κ3) is 27.3. The number of hydrogen-bond donors (Lipinski definition) is 0. The summed E-state index contributed by atoms with van der Waals surface area (Å²) in [4.78, 5) is 11.6. The summed E-state index contributed by atoms with van der Waals surface area (Å²) in [6.45, 7) is 9.87. The van der Waals surface area contributed by atoms with Gasteiger partial charge in [-0.1, -0.05) is 78.1 Å². The van der Waals surface area contributed by atoms with Crippen LogP contribution in [-0.4, -0.2) is 65.4 Å². The minimum Gasteiger partial charge on any atom is -0.466 e. The Morgan fingerprint density at radius 2 is 0.812 bits per heavy atom. The Kier molecular flexibility index (Phi) is 27.7. The van der Waals surface area contributed by atoms with Crippen LogP contribution in [0, 0.1) is 0 Å². The molecule has 6 nitrogen and oxygen atoms in total. The van der Waals surface area contributed by atoms with Crippen molar-refractivity contribution in [1.82, 2.24) is 0 Å². The molecule has 32 heavy (non-hydrogen) atoms. The van der Waals surface area contributed by atoms with Crippen LogP contribution < -0.4 is 0 Å². The Morgan fingerprint density at radius 3 is 1.31 bits per heavy atom. The second-order valence-corrected chi connectivity index (χ2v) is 8.31. The quantitative estimate of drug-likeness (QED) is 0.109. The van der Waals surface area contributed by atoms with Gasteiger partial charge in [-0.15, -0.1) is 0 Å². The fourth-order valence-corrected chi connectivity index (χ4v) is 3.21. The molecule has 0 amide bonds. The van der Waals surface area contributed by atoms with Gasteiger partial charge in [-0.2, -0.15) is 0 Å². The average Bonchev–Trinajstić information content (AvgIpc) is 2.80. The first-order valence-electron chi connectivity index (χ1n) is 13.3. The summed E-state index contributed by atoms with van der Waals surface area (Å²) in [5.74, 6) is -0.119. The lowest BCUT2D eigenvalue weighted by molar-refractivity contribution is -0.144. The van der Waals surface area contributed by atoms with Gasteiger partial charge in [0.15, 0.2) is 0 Å². The Balaban J connectivity index is 3.10. The van der Waals surface area contributed by atoms with Crippen LogP contribution in [-0.2, 0) is 28.5 Å². The Hall–Kier alpha value is -0.690. The van der Waals surface area contributed by atoms with E-state index in [1.54, 1.807) is 0 Å². The first-order chi connectivity index (χ1) is 15.8. The summed E-state index contributed by atoms with van der Waals surface area (Å²) in [5, 5.41) is 0. The molecule has 0 saturated heterocycles. The molecule has 0 aliphatic rings. The molecular weight excluding hydrogens is 408 g/mol. The topological polar surface area (TPSA) is 63.2 Å². The number of unbranched alkanes of at least 4 members (excludes halogenated alkanes) is 10. The zero-order valence-electron chi connectivity index (χ0n) is 21.2. The van der Waals surface area contributed by atoms with Crippen molar-refractivity contribution in [2.45, 2.75) is 104 Å². The molecule has 0 bridgehead atoms. The minimum atomic E-state index is -0.119. The zero-order chi connectivity index (χ0) is 23.4. The average molecular weight is 461 g/mol. The summed E-state index contributed by atoms with van der Waals surface area (Å²) >= 11 is 0. The predicted octanol–water partition coefficient (Wildman–Crippen LogP) is 6.10. The van der Waals surface area contributed by atoms with Crippen molar-refractivity contribution < 1.29 is 28.5 Å². The number of hydrogen-bond acceptors (Lipinski definition) is 6.